The van der Waals surface area contributed by atoms with Crippen molar-refractivity contribution < 1.29 is 14.1 Å². The molecule has 1 atom stereocenters. The fourth-order valence-electron chi connectivity index (χ4n) is 3.15. The first-order valence-corrected chi connectivity index (χ1v) is 9.80. The highest BCUT2D eigenvalue weighted by Gasteiger charge is 2.31. The second-order valence-corrected chi connectivity index (χ2v) is 7.41. The molecule has 4 rings (SSSR count). The minimum Gasteiger partial charge on any atom is -0.484 e. The number of amides is 1. The van der Waals surface area contributed by atoms with E-state index in [-0.39, 0.29) is 18.6 Å². The molecule has 0 aromatic carbocycles. The van der Waals surface area contributed by atoms with Gasteiger partial charge in [0.1, 0.15) is 17.4 Å². The van der Waals surface area contributed by atoms with E-state index in [1.165, 1.54) is 0 Å². The summed E-state index contributed by atoms with van der Waals surface area (Å²) in [4.78, 5) is 23.4. The number of pyridine rings is 1. The van der Waals surface area contributed by atoms with Crippen LogP contribution in [-0.4, -0.2) is 32.5 Å². The second-order valence-electron chi connectivity index (χ2n) is 6.48. The second kappa shape index (κ2) is 7.87. The van der Waals surface area contributed by atoms with Crippen LogP contribution in [0.15, 0.2) is 40.5 Å². The Labute approximate surface area is 161 Å². The van der Waals surface area contributed by atoms with Crippen LogP contribution in [0, 0.1) is 6.92 Å². The fourth-order valence-corrected chi connectivity index (χ4v) is 3.94. The van der Waals surface area contributed by atoms with E-state index >= 15 is 0 Å². The van der Waals surface area contributed by atoms with Crippen LogP contribution in [0.4, 0.5) is 0 Å². The summed E-state index contributed by atoms with van der Waals surface area (Å²) in [5.74, 6) is 1.02. The van der Waals surface area contributed by atoms with Crippen molar-refractivity contribution >= 4 is 17.2 Å². The van der Waals surface area contributed by atoms with Crippen LogP contribution in [0.25, 0.3) is 0 Å². The number of aromatic nitrogens is 3. The molecule has 0 aliphatic carbocycles. The van der Waals surface area contributed by atoms with Crippen LogP contribution in [0.1, 0.15) is 52.3 Å². The number of nitrogens with zero attached hydrogens (tertiary/aromatic N) is 4. The molecule has 0 radical (unpaired) electrons. The molecule has 27 heavy (non-hydrogen) atoms. The quantitative estimate of drug-likeness (QED) is 0.666. The third-order valence-electron chi connectivity index (χ3n) is 4.54. The molecule has 7 nitrogen and oxygen atoms in total. The van der Waals surface area contributed by atoms with E-state index in [4.69, 9.17) is 9.26 Å². The Bertz CT molecular complexity index is 892. The molecule has 0 spiro atoms. The van der Waals surface area contributed by atoms with Gasteiger partial charge < -0.3 is 14.2 Å². The number of piperidine rings is 1. The highest BCUT2D eigenvalue weighted by Crippen LogP contribution is 2.33. The van der Waals surface area contributed by atoms with Crippen LogP contribution < -0.4 is 4.74 Å². The van der Waals surface area contributed by atoms with Crippen molar-refractivity contribution in [1.82, 2.24) is 20.0 Å². The normalized spacial score (nSPS) is 17.1. The van der Waals surface area contributed by atoms with E-state index in [9.17, 15) is 4.79 Å². The van der Waals surface area contributed by atoms with Crippen LogP contribution in [0.3, 0.4) is 0 Å². The molecule has 1 aliphatic rings. The number of hydrogen-bond donors (Lipinski definition) is 0. The maximum Gasteiger partial charge on any atom is 0.276 e. The Morgan fingerprint density at radius 1 is 1.37 bits per heavy atom. The zero-order chi connectivity index (χ0) is 18.6. The van der Waals surface area contributed by atoms with Crippen LogP contribution in [0.2, 0.25) is 0 Å². The molecule has 1 aliphatic heterocycles. The maximum absolute atomic E-state index is 13.0. The zero-order valence-corrected chi connectivity index (χ0v) is 15.8. The standard InChI is InChI=1S/C19H20N4O3S/c1-13-5-6-14(11-21-13)25-12-15-10-16(22-26-15)19(24)23-8-3-2-4-17(23)18-20-7-9-27-18/h5-7,9-11,17H,2-4,8,12H2,1H3. The van der Waals surface area contributed by atoms with Gasteiger partial charge in [-0.15, -0.1) is 11.3 Å². The van der Waals surface area contributed by atoms with Gasteiger partial charge in [0, 0.05) is 29.9 Å². The predicted molar refractivity (Wildman–Crippen MR) is 99.6 cm³/mol. The average Bonchev–Trinajstić information content (AvgIpc) is 3.39. The lowest BCUT2D eigenvalue weighted by Crippen LogP contribution is -2.38. The molecule has 0 N–H and O–H groups in total. The van der Waals surface area contributed by atoms with Crippen molar-refractivity contribution in [2.45, 2.75) is 38.8 Å². The number of thiazole rings is 1. The van der Waals surface area contributed by atoms with Crippen LogP contribution >= 0.6 is 11.3 Å². The average molecular weight is 384 g/mol. The van der Waals surface area contributed by atoms with Gasteiger partial charge in [-0.2, -0.15) is 0 Å². The summed E-state index contributed by atoms with van der Waals surface area (Å²) in [7, 11) is 0. The zero-order valence-electron chi connectivity index (χ0n) is 15.0. The molecular formula is C19H20N4O3S. The first kappa shape index (κ1) is 17.7. The van der Waals surface area contributed by atoms with Gasteiger partial charge >= 0.3 is 0 Å². The third-order valence-corrected chi connectivity index (χ3v) is 5.42. The van der Waals surface area contributed by atoms with Gasteiger partial charge in [0.15, 0.2) is 11.5 Å². The van der Waals surface area contributed by atoms with Gasteiger partial charge in [-0.3, -0.25) is 9.78 Å². The van der Waals surface area contributed by atoms with E-state index in [1.54, 1.807) is 29.8 Å². The summed E-state index contributed by atoms with van der Waals surface area (Å²) in [6, 6.07) is 5.38. The number of carbonyl (C=O) groups is 1. The molecule has 1 amide bonds. The minimum absolute atomic E-state index is 0.0151. The fraction of sp³-hybridized carbons (Fsp3) is 0.368. The highest BCUT2D eigenvalue weighted by molar-refractivity contribution is 7.09. The minimum atomic E-state index is -0.123. The summed E-state index contributed by atoms with van der Waals surface area (Å²) in [6.07, 6.45) is 6.44. The molecule has 0 bridgehead atoms. The SMILES string of the molecule is Cc1ccc(OCc2cc(C(=O)N3CCCCC3c3nccs3)no2)cn1. The van der Waals surface area contributed by atoms with E-state index < -0.39 is 0 Å². The third kappa shape index (κ3) is 4.00. The lowest BCUT2D eigenvalue weighted by atomic mass is 10.0. The summed E-state index contributed by atoms with van der Waals surface area (Å²) in [5.41, 5.74) is 1.23. The summed E-state index contributed by atoms with van der Waals surface area (Å²) in [5, 5.41) is 6.87. The molecule has 4 heterocycles. The number of hydrogen-bond acceptors (Lipinski definition) is 7. The van der Waals surface area contributed by atoms with E-state index in [1.807, 2.05) is 29.3 Å². The van der Waals surface area contributed by atoms with E-state index in [0.29, 0.717) is 23.7 Å². The van der Waals surface area contributed by atoms with Crippen LogP contribution in [0.5, 0.6) is 5.75 Å². The molecule has 1 fully saturated rings. The van der Waals surface area contributed by atoms with Gasteiger partial charge in [-0.05, 0) is 38.3 Å². The van der Waals surface area contributed by atoms with E-state index in [0.717, 1.165) is 30.0 Å². The van der Waals surface area contributed by atoms with Crippen molar-refractivity contribution in [1.29, 1.82) is 0 Å². The van der Waals surface area contributed by atoms with Gasteiger partial charge in [0.05, 0.1) is 12.2 Å². The predicted octanol–water partition coefficient (Wildman–Crippen LogP) is 3.78. The number of likely N-dealkylation sites (tertiary alicyclic amines) is 1. The molecule has 140 valence electrons. The van der Waals surface area contributed by atoms with Gasteiger partial charge in [-0.25, -0.2) is 4.98 Å². The Hall–Kier alpha value is -2.74. The van der Waals surface area contributed by atoms with Gasteiger partial charge in [-0.1, -0.05) is 5.16 Å². The van der Waals surface area contributed by atoms with Crippen molar-refractivity contribution in [2.75, 3.05) is 6.54 Å². The van der Waals surface area contributed by atoms with Crippen molar-refractivity contribution in [2.24, 2.45) is 0 Å². The lowest BCUT2D eigenvalue weighted by molar-refractivity contribution is 0.0600. The number of ether oxygens (including phenoxy) is 1. The van der Waals surface area contributed by atoms with Gasteiger partial charge in [0.2, 0.25) is 0 Å². The number of carbonyl (C=O) groups excluding carboxylic acids is 1. The summed E-state index contributed by atoms with van der Waals surface area (Å²) >= 11 is 1.58. The molecule has 3 aromatic heterocycles. The molecule has 3 aromatic rings. The molecule has 8 heteroatoms. The topological polar surface area (TPSA) is 81.4 Å². The van der Waals surface area contributed by atoms with Crippen molar-refractivity contribution in [3.63, 3.8) is 0 Å². The number of aryl methyl sites for hydroxylation is 1. The van der Waals surface area contributed by atoms with Crippen molar-refractivity contribution in [3.8, 4) is 5.75 Å². The van der Waals surface area contributed by atoms with Crippen molar-refractivity contribution in [3.05, 3.63) is 58.1 Å². The Morgan fingerprint density at radius 2 is 2.30 bits per heavy atom. The maximum atomic E-state index is 13.0. The Balaban J connectivity index is 1.43. The monoisotopic (exact) mass is 384 g/mol. The smallest absolute Gasteiger partial charge is 0.276 e. The highest BCUT2D eigenvalue weighted by atomic mass is 32.1. The molecule has 1 unspecified atom stereocenters. The molecule has 1 saturated heterocycles. The Morgan fingerprint density at radius 3 is 3.07 bits per heavy atom. The summed E-state index contributed by atoms with van der Waals surface area (Å²) < 4.78 is 10.9. The van der Waals surface area contributed by atoms with E-state index in [2.05, 4.69) is 15.1 Å². The largest absolute Gasteiger partial charge is 0.484 e. The Kier molecular flexibility index (Phi) is 5.15. The summed E-state index contributed by atoms with van der Waals surface area (Å²) in [6.45, 7) is 2.81. The number of rotatable bonds is 5. The first-order valence-electron chi connectivity index (χ1n) is 8.92. The molecule has 0 saturated carbocycles. The van der Waals surface area contributed by atoms with Gasteiger partial charge in [0.25, 0.3) is 5.91 Å². The molecular weight excluding hydrogens is 364 g/mol. The first-order chi connectivity index (χ1) is 13.2. The van der Waals surface area contributed by atoms with Crippen LogP contribution in [-0.2, 0) is 6.61 Å². The lowest BCUT2D eigenvalue weighted by Gasteiger charge is -2.33.